The number of aliphatic hydroxyl groups excluding tert-OH is 2. The molecule has 65 heavy (non-hydrogen) atoms. The van der Waals surface area contributed by atoms with E-state index < -0.39 is 12.1 Å². The molecule has 1 amide bonds. The first-order valence-corrected chi connectivity index (χ1v) is 29.1. The number of ether oxygens (including phenoxy) is 1. The molecule has 2 atom stereocenters. The molecule has 2 unspecified atom stereocenters. The Labute approximate surface area is 405 Å². The third kappa shape index (κ3) is 51.6. The maximum absolute atomic E-state index is 12.4. The quantitative estimate of drug-likeness (QED) is 0.0321. The van der Waals surface area contributed by atoms with E-state index in [0.717, 1.165) is 44.9 Å². The second kappa shape index (κ2) is 54.9. The standard InChI is InChI=1S/C59H113NO5/c1-3-5-7-9-11-13-15-17-19-20-21-25-29-33-37-41-45-49-53-59(64)65-54-50-46-42-38-34-30-26-23-22-24-28-32-36-40-44-48-52-58(63)60-56(55-61)57(62)51-47-43-39-35-31-27-18-16-14-12-10-8-6-4-2/h19-20,47,51,56-57,61-62H,3-18,21-46,48-50,52-55H2,1-2H3,(H,60,63)/b20-19-,51-47+. The second-order valence-corrected chi connectivity index (χ2v) is 20.0. The number of amides is 1. The van der Waals surface area contributed by atoms with E-state index in [1.165, 1.54) is 244 Å². The van der Waals surface area contributed by atoms with Crippen molar-refractivity contribution >= 4 is 11.9 Å². The van der Waals surface area contributed by atoms with E-state index >= 15 is 0 Å². The van der Waals surface area contributed by atoms with Crippen molar-refractivity contribution in [2.24, 2.45) is 0 Å². The lowest BCUT2D eigenvalue weighted by atomic mass is 10.0. The molecule has 0 aromatic rings. The van der Waals surface area contributed by atoms with Gasteiger partial charge in [0, 0.05) is 12.8 Å². The van der Waals surface area contributed by atoms with Crippen LogP contribution in [0, 0.1) is 0 Å². The number of carbonyl (C=O) groups excluding carboxylic acids is 2. The van der Waals surface area contributed by atoms with Gasteiger partial charge in [0.2, 0.25) is 5.91 Å². The van der Waals surface area contributed by atoms with Gasteiger partial charge in [0.15, 0.2) is 0 Å². The van der Waals surface area contributed by atoms with Crippen LogP contribution in [0.4, 0.5) is 0 Å². The van der Waals surface area contributed by atoms with Crippen LogP contribution in [0.15, 0.2) is 24.3 Å². The van der Waals surface area contributed by atoms with Crippen molar-refractivity contribution in [2.45, 2.75) is 328 Å². The van der Waals surface area contributed by atoms with Crippen molar-refractivity contribution in [2.75, 3.05) is 13.2 Å². The SMILES string of the molecule is CCCCCCCCC/C=C\CCCCCCCCCC(=O)OCCCCCCCCCCCCCCCCCCC(=O)NC(CO)C(O)/C=C/CCCCCCCCCCCCCC. The number of rotatable bonds is 54. The van der Waals surface area contributed by atoms with Crippen LogP contribution in [-0.4, -0.2) is 47.4 Å². The fourth-order valence-corrected chi connectivity index (χ4v) is 8.98. The maximum Gasteiger partial charge on any atom is 0.305 e. The monoisotopic (exact) mass is 916 g/mol. The molecule has 6 nitrogen and oxygen atoms in total. The van der Waals surface area contributed by atoms with Crippen molar-refractivity contribution in [3.05, 3.63) is 24.3 Å². The van der Waals surface area contributed by atoms with Crippen LogP contribution < -0.4 is 5.32 Å². The molecule has 384 valence electrons. The topological polar surface area (TPSA) is 95.9 Å². The smallest absolute Gasteiger partial charge is 0.305 e. The molecule has 0 radical (unpaired) electrons. The first-order valence-electron chi connectivity index (χ1n) is 29.1. The molecule has 0 aromatic heterocycles. The minimum Gasteiger partial charge on any atom is -0.466 e. The molecular weight excluding hydrogens is 803 g/mol. The van der Waals surface area contributed by atoms with E-state index in [4.69, 9.17) is 4.74 Å². The number of hydrogen-bond donors (Lipinski definition) is 3. The normalized spacial score (nSPS) is 12.7. The first-order chi connectivity index (χ1) is 32.0. The van der Waals surface area contributed by atoms with E-state index in [1.807, 2.05) is 6.08 Å². The fraction of sp³-hybridized carbons (Fsp3) is 0.898. The summed E-state index contributed by atoms with van der Waals surface area (Å²) in [6, 6.07) is -0.632. The molecular formula is C59H113NO5. The second-order valence-electron chi connectivity index (χ2n) is 20.0. The summed E-state index contributed by atoms with van der Waals surface area (Å²) in [5.41, 5.74) is 0. The van der Waals surface area contributed by atoms with Crippen molar-refractivity contribution < 1.29 is 24.5 Å². The summed E-state index contributed by atoms with van der Waals surface area (Å²) in [6.07, 6.45) is 66.2. The van der Waals surface area contributed by atoms with E-state index in [9.17, 15) is 19.8 Å². The Morgan fingerprint density at radius 1 is 0.415 bits per heavy atom. The number of esters is 1. The fourth-order valence-electron chi connectivity index (χ4n) is 8.98. The van der Waals surface area contributed by atoms with Gasteiger partial charge in [-0.1, -0.05) is 269 Å². The first kappa shape index (κ1) is 63.3. The van der Waals surface area contributed by atoms with Crippen molar-refractivity contribution in [1.29, 1.82) is 0 Å². The molecule has 0 heterocycles. The van der Waals surface area contributed by atoms with E-state index in [0.29, 0.717) is 19.4 Å². The molecule has 0 aliphatic rings. The summed E-state index contributed by atoms with van der Waals surface area (Å²) in [4.78, 5) is 24.5. The zero-order chi connectivity index (χ0) is 47.2. The predicted octanol–water partition coefficient (Wildman–Crippen LogP) is 17.9. The van der Waals surface area contributed by atoms with Crippen molar-refractivity contribution in [3.8, 4) is 0 Å². The number of hydrogen-bond acceptors (Lipinski definition) is 5. The van der Waals surface area contributed by atoms with Crippen LogP contribution in [-0.2, 0) is 14.3 Å². The average molecular weight is 917 g/mol. The molecule has 0 saturated carbocycles. The van der Waals surface area contributed by atoms with Gasteiger partial charge in [-0.15, -0.1) is 0 Å². The van der Waals surface area contributed by atoms with Gasteiger partial charge >= 0.3 is 5.97 Å². The van der Waals surface area contributed by atoms with Crippen LogP contribution in [0.25, 0.3) is 0 Å². The highest BCUT2D eigenvalue weighted by atomic mass is 16.5. The molecule has 0 aliphatic carbocycles. The largest absolute Gasteiger partial charge is 0.466 e. The molecule has 0 aromatic carbocycles. The summed E-state index contributed by atoms with van der Waals surface area (Å²) in [7, 11) is 0. The molecule has 0 aliphatic heterocycles. The number of allylic oxidation sites excluding steroid dienone is 3. The zero-order valence-corrected chi connectivity index (χ0v) is 43.7. The summed E-state index contributed by atoms with van der Waals surface area (Å²) in [5.74, 6) is -0.0746. The summed E-state index contributed by atoms with van der Waals surface area (Å²) >= 11 is 0. The van der Waals surface area contributed by atoms with E-state index in [1.54, 1.807) is 6.08 Å². The average Bonchev–Trinajstić information content (AvgIpc) is 3.31. The highest BCUT2D eigenvalue weighted by molar-refractivity contribution is 5.76. The summed E-state index contributed by atoms with van der Waals surface area (Å²) < 4.78 is 5.49. The van der Waals surface area contributed by atoms with Crippen molar-refractivity contribution in [1.82, 2.24) is 5.32 Å². The molecule has 0 bridgehead atoms. The number of carbonyl (C=O) groups is 2. The van der Waals surface area contributed by atoms with Gasteiger partial charge in [0.1, 0.15) is 0 Å². The van der Waals surface area contributed by atoms with Crippen LogP contribution in [0.1, 0.15) is 316 Å². The van der Waals surface area contributed by atoms with Gasteiger partial charge in [-0.05, 0) is 57.8 Å². The van der Waals surface area contributed by atoms with Crippen LogP contribution in [0.3, 0.4) is 0 Å². The molecule has 0 saturated heterocycles. The lowest BCUT2D eigenvalue weighted by molar-refractivity contribution is -0.143. The number of aliphatic hydroxyl groups is 2. The highest BCUT2D eigenvalue weighted by Gasteiger charge is 2.18. The van der Waals surface area contributed by atoms with Crippen LogP contribution in [0.5, 0.6) is 0 Å². The Hall–Kier alpha value is -1.66. The lowest BCUT2D eigenvalue weighted by Crippen LogP contribution is -2.45. The Morgan fingerprint density at radius 3 is 1.09 bits per heavy atom. The molecule has 0 spiro atoms. The lowest BCUT2D eigenvalue weighted by Gasteiger charge is -2.20. The van der Waals surface area contributed by atoms with E-state index in [-0.39, 0.29) is 18.5 Å². The van der Waals surface area contributed by atoms with Crippen LogP contribution in [0.2, 0.25) is 0 Å². The minimum atomic E-state index is -0.848. The van der Waals surface area contributed by atoms with Gasteiger partial charge < -0.3 is 20.3 Å². The molecule has 0 rings (SSSR count). The Morgan fingerprint density at radius 2 is 0.723 bits per heavy atom. The van der Waals surface area contributed by atoms with Gasteiger partial charge in [0.25, 0.3) is 0 Å². The molecule has 6 heteroatoms. The van der Waals surface area contributed by atoms with Crippen molar-refractivity contribution in [3.63, 3.8) is 0 Å². The molecule has 0 fully saturated rings. The zero-order valence-electron chi connectivity index (χ0n) is 43.7. The van der Waals surface area contributed by atoms with Crippen LogP contribution >= 0.6 is 0 Å². The Kier molecular flexibility index (Phi) is 53.5. The Balaban J connectivity index is 3.43. The third-order valence-electron chi connectivity index (χ3n) is 13.5. The van der Waals surface area contributed by atoms with Gasteiger partial charge in [0.05, 0.1) is 25.4 Å². The third-order valence-corrected chi connectivity index (χ3v) is 13.5. The van der Waals surface area contributed by atoms with Gasteiger partial charge in [-0.2, -0.15) is 0 Å². The summed E-state index contributed by atoms with van der Waals surface area (Å²) in [6.45, 7) is 4.90. The predicted molar refractivity (Wildman–Crippen MR) is 283 cm³/mol. The van der Waals surface area contributed by atoms with Gasteiger partial charge in [-0.25, -0.2) is 0 Å². The Bertz CT molecular complexity index is 1010. The molecule has 3 N–H and O–H groups in total. The number of nitrogens with one attached hydrogen (secondary N) is 1. The number of unbranched alkanes of at least 4 members (excludes halogenated alkanes) is 41. The minimum absolute atomic E-state index is 0.000581. The maximum atomic E-state index is 12.4. The van der Waals surface area contributed by atoms with Gasteiger partial charge in [-0.3, -0.25) is 9.59 Å². The van der Waals surface area contributed by atoms with E-state index in [2.05, 4.69) is 31.3 Å². The highest BCUT2D eigenvalue weighted by Crippen LogP contribution is 2.17. The summed E-state index contributed by atoms with van der Waals surface area (Å²) in [5, 5.41) is 23.1.